The summed E-state index contributed by atoms with van der Waals surface area (Å²) in [5, 5.41) is 10.4. The first-order valence-electron chi connectivity index (χ1n) is 15.3. The van der Waals surface area contributed by atoms with Crippen LogP contribution in [0.1, 0.15) is 31.2 Å². The maximum atomic E-state index is 17.1. The molecule has 4 atom stereocenters. The topological polar surface area (TPSA) is 110 Å². The lowest BCUT2D eigenvalue weighted by Gasteiger charge is -2.40. The van der Waals surface area contributed by atoms with Crippen molar-refractivity contribution >= 4 is 54.7 Å². The zero-order valence-corrected chi connectivity index (χ0v) is 26.5. The van der Waals surface area contributed by atoms with Crippen molar-refractivity contribution in [3.63, 3.8) is 0 Å². The Morgan fingerprint density at radius 1 is 1.26 bits per heavy atom. The molecule has 240 valence electrons. The number of nitrogens with zero attached hydrogens (tertiary/aromatic N) is 5. The van der Waals surface area contributed by atoms with Crippen LogP contribution in [-0.4, -0.2) is 79.2 Å². The molecule has 4 aliphatic heterocycles. The molecule has 8 rings (SSSR count). The second kappa shape index (κ2) is 11.0. The molecule has 3 saturated heterocycles. The smallest absolute Gasteiger partial charge is 0.319 e. The van der Waals surface area contributed by atoms with Crippen LogP contribution >= 0.6 is 22.9 Å². The number of fused-ring (bicyclic) bond motifs is 3. The van der Waals surface area contributed by atoms with Gasteiger partial charge in [-0.15, -0.1) is 11.3 Å². The summed E-state index contributed by atoms with van der Waals surface area (Å²) in [5.41, 5.74) is 5.65. The average molecular weight is 671 g/mol. The van der Waals surface area contributed by atoms with E-state index >= 15 is 4.39 Å². The van der Waals surface area contributed by atoms with E-state index in [-0.39, 0.29) is 84.6 Å². The minimum atomic E-state index is -0.940. The summed E-state index contributed by atoms with van der Waals surface area (Å²) in [7, 11) is 1.89. The molecule has 4 aliphatic rings. The van der Waals surface area contributed by atoms with Crippen molar-refractivity contribution < 1.29 is 27.4 Å². The minimum absolute atomic E-state index is 0.0240. The zero-order chi connectivity index (χ0) is 31.9. The molecular formula is C32H30ClF3N6O3S. The van der Waals surface area contributed by atoms with E-state index in [0.29, 0.717) is 38.4 Å². The number of nitrogen functional groups attached to an aromatic ring is 1. The summed E-state index contributed by atoms with van der Waals surface area (Å²) < 4.78 is 65.1. The van der Waals surface area contributed by atoms with E-state index < -0.39 is 23.3 Å². The van der Waals surface area contributed by atoms with Crippen LogP contribution in [0, 0.1) is 28.9 Å². The number of alkyl halides is 1. The van der Waals surface area contributed by atoms with E-state index in [2.05, 4.69) is 9.88 Å². The minimum Gasteiger partial charge on any atom is -0.491 e. The highest BCUT2D eigenvalue weighted by molar-refractivity contribution is 7.23. The fourth-order valence-electron chi connectivity index (χ4n) is 7.89. The molecule has 46 heavy (non-hydrogen) atoms. The highest BCUT2D eigenvalue weighted by Gasteiger charge is 2.49. The van der Waals surface area contributed by atoms with Gasteiger partial charge in [0, 0.05) is 49.5 Å². The van der Waals surface area contributed by atoms with Gasteiger partial charge in [-0.2, -0.15) is 15.2 Å². The van der Waals surface area contributed by atoms with Gasteiger partial charge in [0.15, 0.2) is 11.6 Å². The van der Waals surface area contributed by atoms with Gasteiger partial charge < -0.3 is 24.8 Å². The molecule has 0 saturated carbocycles. The standard InChI is InChI=1S/C32H30ClF3N6O3S/c1-41-20-5-8-43-12-15(20)13-44-27-23-26(39-31(40-30(23)41)45-14-32-6-2-7-42(32)11-16(34)9-32)25(36)22(24(27)33)17-3-4-19(35)28-21(17)18(10-37)29(38)46-28/h3-4,15-16,20H,2,5-9,11-14,38H2,1H3/t15?,16-,20?,32+/m1/s1. The normalized spacial score (nSPS) is 26.0. The molecule has 6 heterocycles. The number of anilines is 2. The third-order valence-electron chi connectivity index (χ3n) is 10.1. The Bertz CT molecular complexity index is 1950. The largest absolute Gasteiger partial charge is 0.491 e. The van der Waals surface area contributed by atoms with Crippen LogP contribution in [0.25, 0.3) is 32.1 Å². The summed E-state index contributed by atoms with van der Waals surface area (Å²) in [6, 6.07) is 4.54. The van der Waals surface area contributed by atoms with E-state index in [1.807, 2.05) is 18.0 Å². The van der Waals surface area contributed by atoms with E-state index in [1.165, 1.54) is 12.1 Å². The molecule has 2 unspecified atom stereocenters. The Morgan fingerprint density at radius 2 is 2.11 bits per heavy atom. The summed E-state index contributed by atoms with van der Waals surface area (Å²) in [6.45, 7) is 2.56. The third-order valence-corrected chi connectivity index (χ3v) is 11.5. The number of nitrogens with two attached hydrogens (primary N) is 1. The molecule has 3 fully saturated rings. The lowest BCUT2D eigenvalue weighted by molar-refractivity contribution is 0.0208. The number of benzene rings is 2. The molecule has 9 nitrogen and oxygen atoms in total. The maximum Gasteiger partial charge on any atom is 0.319 e. The van der Waals surface area contributed by atoms with Crippen molar-refractivity contribution in [3.05, 3.63) is 34.4 Å². The number of ether oxygens (including phenoxy) is 3. The molecule has 0 aliphatic carbocycles. The van der Waals surface area contributed by atoms with Crippen LogP contribution < -0.4 is 20.1 Å². The fraction of sp³-hybridized carbons (Fsp3) is 0.469. The Morgan fingerprint density at radius 3 is 2.93 bits per heavy atom. The van der Waals surface area contributed by atoms with Gasteiger partial charge in [0.1, 0.15) is 41.0 Å². The predicted molar refractivity (Wildman–Crippen MR) is 170 cm³/mol. The van der Waals surface area contributed by atoms with Crippen molar-refractivity contribution in [2.75, 3.05) is 57.2 Å². The number of aromatic nitrogens is 2. The summed E-state index contributed by atoms with van der Waals surface area (Å²) >= 11 is 7.95. The highest BCUT2D eigenvalue weighted by Crippen LogP contribution is 2.51. The van der Waals surface area contributed by atoms with Crippen LogP contribution in [0.2, 0.25) is 5.02 Å². The van der Waals surface area contributed by atoms with Crippen molar-refractivity contribution in [2.45, 2.75) is 43.4 Å². The molecule has 0 bridgehead atoms. The number of hydrogen-bond donors (Lipinski definition) is 1. The number of thiophene rings is 1. The Balaban J connectivity index is 1.35. The lowest BCUT2D eigenvalue weighted by Crippen LogP contribution is -2.47. The molecule has 0 amide bonds. The van der Waals surface area contributed by atoms with Gasteiger partial charge >= 0.3 is 6.01 Å². The van der Waals surface area contributed by atoms with Gasteiger partial charge in [-0.05, 0) is 37.4 Å². The molecule has 2 aromatic heterocycles. The van der Waals surface area contributed by atoms with E-state index in [4.69, 9.17) is 36.5 Å². The van der Waals surface area contributed by atoms with Gasteiger partial charge in [0.05, 0.1) is 39.4 Å². The predicted octanol–water partition coefficient (Wildman–Crippen LogP) is 6.09. The van der Waals surface area contributed by atoms with Crippen LogP contribution in [0.15, 0.2) is 12.1 Å². The van der Waals surface area contributed by atoms with Gasteiger partial charge in [0.25, 0.3) is 0 Å². The van der Waals surface area contributed by atoms with Crippen LogP contribution in [-0.2, 0) is 4.74 Å². The fourth-order valence-corrected chi connectivity index (χ4v) is 9.17. The molecule has 14 heteroatoms. The van der Waals surface area contributed by atoms with E-state index in [0.717, 1.165) is 30.7 Å². The van der Waals surface area contributed by atoms with Crippen LogP contribution in [0.5, 0.6) is 11.8 Å². The lowest BCUT2D eigenvalue weighted by atomic mass is 9.93. The Hall–Kier alpha value is -3.57. The van der Waals surface area contributed by atoms with Crippen molar-refractivity contribution in [1.29, 1.82) is 5.26 Å². The SMILES string of the molecule is CN1c2nc(OC[C@@]34CCCN3C[C@H](F)C4)nc3c(F)c(-c4ccc(F)c5sc(N)c(C#N)c45)c(Cl)c(c23)OCC2COCCC21. The second-order valence-electron chi connectivity index (χ2n) is 12.6. The molecule has 0 radical (unpaired) electrons. The van der Waals surface area contributed by atoms with Crippen molar-refractivity contribution in [2.24, 2.45) is 5.92 Å². The molecule has 2 N–H and O–H groups in total. The van der Waals surface area contributed by atoms with Crippen molar-refractivity contribution in [1.82, 2.24) is 14.9 Å². The zero-order valence-electron chi connectivity index (χ0n) is 24.9. The quantitative estimate of drug-likeness (QED) is 0.276. The number of hydrogen-bond acceptors (Lipinski definition) is 10. The first kappa shape index (κ1) is 29.8. The van der Waals surface area contributed by atoms with E-state index in [1.54, 1.807) is 0 Å². The van der Waals surface area contributed by atoms with Crippen LogP contribution in [0.3, 0.4) is 0 Å². The summed E-state index contributed by atoms with van der Waals surface area (Å²) in [5.74, 6) is -0.882. The van der Waals surface area contributed by atoms with Crippen LogP contribution in [0.4, 0.5) is 24.0 Å². The first-order chi connectivity index (χ1) is 22.2. The Kier molecular flexibility index (Phi) is 7.13. The maximum absolute atomic E-state index is 17.1. The summed E-state index contributed by atoms with van der Waals surface area (Å²) in [4.78, 5) is 13.5. The first-order valence-corrected chi connectivity index (χ1v) is 16.5. The number of rotatable bonds is 4. The van der Waals surface area contributed by atoms with Gasteiger partial charge in [-0.25, -0.2) is 13.2 Å². The Labute approximate surface area is 271 Å². The van der Waals surface area contributed by atoms with E-state index in [9.17, 15) is 14.0 Å². The number of nitriles is 1. The molecular weight excluding hydrogens is 641 g/mol. The van der Waals surface area contributed by atoms with Crippen molar-refractivity contribution in [3.8, 4) is 29.0 Å². The third kappa shape index (κ3) is 4.41. The molecule has 0 spiro atoms. The molecule has 2 aromatic carbocycles. The van der Waals surface area contributed by atoms with Gasteiger partial charge in [0.2, 0.25) is 0 Å². The molecule has 4 aromatic rings. The highest BCUT2D eigenvalue weighted by atomic mass is 35.5. The summed E-state index contributed by atoms with van der Waals surface area (Å²) in [6.07, 6.45) is 1.85. The average Bonchev–Trinajstić information content (AvgIpc) is 3.69. The number of halogens is 4. The van der Waals surface area contributed by atoms with Gasteiger partial charge in [-0.3, -0.25) is 4.90 Å². The second-order valence-corrected chi connectivity index (χ2v) is 14.0. The van der Waals surface area contributed by atoms with Gasteiger partial charge in [-0.1, -0.05) is 17.7 Å². The monoisotopic (exact) mass is 670 g/mol.